The second kappa shape index (κ2) is 4.42. The molecule has 0 spiro atoms. The predicted molar refractivity (Wildman–Crippen MR) is 68.6 cm³/mol. The second-order valence-corrected chi connectivity index (χ2v) is 4.66. The molecular weight excluding hydrogens is 228 g/mol. The highest BCUT2D eigenvalue weighted by atomic mass is 16.2. The summed E-state index contributed by atoms with van der Waals surface area (Å²) in [7, 11) is 0. The van der Waals surface area contributed by atoms with E-state index < -0.39 is 0 Å². The molecule has 2 unspecified atom stereocenters. The van der Waals surface area contributed by atoms with Gasteiger partial charge in [0.1, 0.15) is 12.4 Å². The Balaban J connectivity index is 1.78. The van der Waals surface area contributed by atoms with Crippen LogP contribution in [0.4, 0.5) is 0 Å². The Kier molecular flexibility index (Phi) is 2.76. The van der Waals surface area contributed by atoms with E-state index in [-0.39, 0.29) is 18.0 Å². The molecule has 1 amide bonds. The Hall–Kier alpha value is -1.88. The highest BCUT2D eigenvalue weighted by molar-refractivity contribution is 5.87. The van der Waals surface area contributed by atoms with Gasteiger partial charge in [0, 0.05) is 0 Å². The van der Waals surface area contributed by atoms with Crippen LogP contribution >= 0.6 is 0 Å². The number of hydrazine groups is 1. The van der Waals surface area contributed by atoms with Crippen molar-refractivity contribution in [1.82, 2.24) is 15.9 Å². The van der Waals surface area contributed by atoms with Gasteiger partial charge in [-0.15, -0.1) is 0 Å². The molecule has 0 aliphatic carbocycles. The zero-order valence-corrected chi connectivity index (χ0v) is 10.3. The second-order valence-electron chi connectivity index (χ2n) is 4.66. The Morgan fingerprint density at radius 3 is 2.83 bits per heavy atom. The van der Waals surface area contributed by atoms with Gasteiger partial charge < -0.3 is 0 Å². The summed E-state index contributed by atoms with van der Waals surface area (Å²) in [5.41, 5.74) is 8.33. The van der Waals surface area contributed by atoms with Crippen LogP contribution in [0.3, 0.4) is 0 Å². The van der Waals surface area contributed by atoms with Crippen LogP contribution in [-0.2, 0) is 11.2 Å². The smallest absolute Gasteiger partial charge is 0.264 e. The summed E-state index contributed by atoms with van der Waals surface area (Å²) in [6, 6.07) is 8.56. The summed E-state index contributed by atoms with van der Waals surface area (Å²) in [4.78, 5) is 11.6. The van der Waals surface area contributed by atoms with Gasteiger partial charge in [0.25, 0.3) is 5.91 Å². The van der Waals surface area contributed by atoms with Crippen molar-refractivity contribution in [1.29, 1.82) is 0 Å². The van der Waals surface area contributed by atoms with Crippen LogP contribution in [0.1, 0.15) is 30.5 Å². The van der Waals surface area contributed by atoms with Gasteiger partial charge in [-0.2, -0.15) is 5.10 Å². The van der Waals surface area contributed by atoms with Gasteiger partial charge in [0.05, 0.1) is 6.04 Å². The lowest BCUT2D eigenvalue weighted by Gasteiger charge is -2.23. The number of carbonyl (C=O) groups excluding carboxylic acids is 1. The monoisotopic (exact) mass is 244 g/mol. The zero-order chi connectivity index (χ0) is 12.5. The fraction of sp³-hybridized carbons (Fsp3) is 0.385. The molecule has 0 saturated carbocycles. The number of benzene rings is 1. The van der Waals surface area contributed by atoms with Crippen molar-refractivity contribution in [3.05, 3.63) is 35.4 Å². The number of fused-ring (bicyclic) bond motifs is 1. The fourth-order valence-electron chi connectivity index (χ4n) is 2.43. The molecule has 2 N–H and O–H groups in total. The van der Waals surface area contributed by atoms with Crippen molar-refractivity contribution in [3.63, 3.8) is 0 Å². The van der Waals surface area contributed by atoms with Crippen LogP contribution in [0.5, 0.6) is 0 Å². The molecule has 1 fully saturated rings. The van der Waals surface area contributed by atoms with Gasteiger partial charge in [0.2, 0.25) is 0 Å². The Labute approximate surface area is 106 Å². The molecule has 1 saturated heterocycles. The van der Waals surface area contributed by atoms with E-state index in [4.69, 9.17) is 0 Å². The number of carbonyl (C=O) groups is 1. The summed E-state index contributed by atoms with van der Waals surface area (Å²) in [6.45, 7) is 2.14. The average molecular weight is 244 g/mol. The lowest BCUT2D eigenvalue weighted by Crippen LogP contribution is -2.48. The number of hydrogen-bond acceptors (Lipinski definition) is 4. The summed E-state index contributed by atoms with van der Waals surface area (Å²) in [5, 5.41) is 5.58. The Morgan fingerprint density at radius 1 is 1.39 bits per heavy atom. The molecule has 1 aromatic carbocycles. The first kappa shape index (κ1) is 11.2. The van der Waals surface area contributed by atoms with Crippen molar-refractivity contribution in [2.75, 3.05) is 0 Å². The molecule has 94 valence electrons. The van der Waals surface area contributed by atoms with E-state index in [9.17, 15) is 4.79 Å². The summed E-state index contributed by atoms with van der Waals surface area (Å²) in [5.74, 6) is -0.0438. The van der Waals surface area contributed by atoms with Gasteiger partial charge in [-0.1, -0.05) is 31.2 Å². The van der Waals surface area contributed by atoms with Gasteiger partial charge in [-0.05, 0) is 24.0 Å². The van der Waals surface area contributed by atoms with Crippen LogP contribution in [0.15, 0.2) is 29.4 Å². The van der Waals surface area contributed by atoms with Gasteiger partial charge in [-0.3, -0.25) is 9.80 Å². The summed E-state index contributed by atoms with van der Waals surface area (Å²) in [6.07, 6.45) is 3.44. The third kappa shape index (κ3) is 1.86. The van der Waals surface area contributed by atoms with E-state index in [0.717, 1.165) is 12.8 Å². The van der Waals surface area contributed by atoms with E-state index in [0.29, 0.717) is 0 Å². The maximum Gasteiger partial charge on any atom is 0.264 e. The topological polar surface area (TPSA) is 56.7 Å². The molecule has 0 bridgehead atoms. The number of aryl methyl sites for hydroxylation is 1. The van der Waals surface area contributed by atoms with Crippen molar-refractivity contribution in [2.45, 2.75) is 31.8 Å². The molecule has 5 heteroatoms. The highest BCUT2D eigenvalue weighted by Crippen LogP contribution is 2.27. The van der Waals surface area contributed by atoms with E-state index in [1.54, 1.807) is 11.3 Å². The number of amides is 1. The molecule has 0 aromatic heterocycles. The Bertz CT molecular complexity index is 482. The first-order valence-corrected chi connectivity index (χ1v) is 6.24. The summed E-state index contributed by atoms with van der Waals surface area (Å²) >= 11 is 0. The minimum Gasteiger partial charge on any atom is -0.283 e. The molecule has 2 heterocycles. The Morgan fingerprint density at radius 2 is 2.17 bits per heavy atom. The van der Waals surface area contributed by atoms with Crippen molar-refractivity contribution < 1.29 is 4.79 Å². The number of nitrogens with one attached hydrogen (secondary N) is 2. The maximum absolute atomic E-state index is 11.6. The van der Waals surface area contributed by atoms with E-state index >= 15 is 0 Å². The molecule has 3 rings (SSSR count). The number of hydrogen-bond donors (Lipinski definition) is 2. The molecule has 2 aliphatic rings. The van der Waals surface area contributed by atoms with Crippen molar-refractivity contribution in [3.8, 4) is 0 Å². The van der Waals surface area contributed by atoms with E-state index in [1.807, 2.05) is 0 Å². The van der Waals surface area contributed by atoms with E-state index in [2.05, 4.69) is 47.1 Å². The minimum absolute atomic E-state index is 0.0438. The SMILES string of the molecule is CCc1ccc(C2CC3C(=O)NN=CN3N2)cc1. The van der Waals surface area contributed by atoms with Gasteiger partial charge >= 0.3 is 0 Å². The van der Waals surface area contributed by atoms with Crippen LogP contribution in [0, 0.1) is 0 Å². The van der Waals surface area contributed by atoms with Crippen LogP contribution < -0.4 is 10.9 Å². The van der Waals surface area contributed by atoms with Crippen LogP contribution in [0.2, 0.25) is 0 Å². The van der Waals surface area contributed by atoms with Crippen molar-refractivity contribution in [2.24, 2.45) is 5.10 Å². The quantitative estimate of drug-likeness (QED) is 0.814. The molecular formula is C13H16N4O. The molecule has 5 nitrogen and oxygen atoms in total. The largest absolute Gasteiger partial charge is 0.283 e. The number of nitrogens with zero attached hydrogens (tertiary/aromatic N) is 2. The fourth-order valence-corrected chi connectivity index (χ4v) is 2.43. The first-order valence-electron chi connectivity index (χ1n) is 6.24. The zero-order valence-electron chi connectivity index (χ0n) is 10.3. The summed E-state index contributed by atoms with van der Waals surface area (Å²) < 4.78 is 0. The maximum atomic E-state index is 11.6. The normalized spacial score (nSPS) is 26.1. The number of rotatable bonds is 2. The highest BCUT2D eigenvalue weighted by Gasteiger charge is 2.37. The third-order valence-corrected chi connectivity index (χ3v) is 3.55. The molecule has 18 heavy (non-hydrogen) atoms. The third-order valence-electron chi connectivity index (χ3n) is 3.55. The standard InChI is InChI=1S/C13H16N4O/c1-2-9-3-5-10(6-4-9)11-7-12-13(18)15-14-8-17(12)16-11/h3-6,8,11-12,16H,2,7H2,1H3,(H,15,18). The van der Waals surface area contributed by atoms with Gasteiger partial charge in [-0.25, -0.2) is 10.9 Å². The number of hydrazone groups is 1. The lowest BCUT2D eigenvalue weighted by molar-refractivity contribution is -0.125. The predicted octanol–water partition coefficient (Wildman–Crippen LogP) is 0.942. The average Bonchev–Trinajstić information content (AvgIpc) is 2.84. The van der Waals surface area contributed by atoms with Gasteiger partial charge in [0.15, 0.2) is 0 Å². The van der Waals surface area contributed by atoms with Crippen LogP contribution in [0.25, 0.3) is 0 Å². The molecule has 2 atom stereocenters. The first-order chi connectivity index (χ1) is 8.78. The van der Waals surface area contributed by atoms with Crippen molar-refractivity contribution >= 4 is 12.2 Å². The van der Waals surface area contributed by atoms with Crippen LogP contribution in [-0.4, -0.2) is 23.3 Å². The molecule has 0 radical (unpaired) electrons. The molecule has 1 aromatic rings. The lowest BCUT2D eigenvalue weighted by atomic mass is 10.00. The molecule has 2 aliphatic heterocycles. The van der Waals surface area contributed by atoms with E-state index in [1.165, 1.54) is 11.1 Å². The minimum atomic E-state index is -0.154.